The second kappa shape index (κ2) is 7.82. The van der Waals surface area contributed by atoms with Crippen LogP contribution in [0.4, 0.5) is 0 Å². The summed E-state index contributed by atoms with van der Waals surface area (Å²) in [5, 5.41) is 11.8. The predicted molar refractivity (Wildman–Crippen MR) is 83.8 cm³/mol. The van der Waals surface area contributed by atoms with E-state index in [9.17, 15) is 9.59 Å². The minimum absolute atomic E-state index is 0.278. The van der Waals surface area contributed by atoms with Gasteiger partial charge >= 0.3 is 5.97 Å². The molecule has 1 aromatic rings. The van der Waals surface area contributed by atoms with Crippen molar-refractivity contribution in [1.29, 1.82) is 0 Å². The molecule has 0 aromatic heterocycles. The van der Waals surface area contributed by atoms with Crippen LogP contribution in [0.1, 0.15) is 23.2 Å². The first-order valence-electron chi connectivity index (χ1n) is 7.51. The highest BCUT2D eigenvalue weighted by Gasteiger charge is 2.25. The molecule has 0 saturated carbocycles. The van der Waals surface area contributed by atoms with E-state index in [0.29, 0.717) is 49.7 Å². The van der Waals surface area contributed by atoms with Crippen LogP contribution in [0.3, 0.4) is 0 Å². The molecular formula is C16H22N2O5. The van der Waals surface area contributed by atoms with Crippen LogP contribution in [-0.4, -0.2) is 55.9 Å². The lowest BCUT2D eigenvalue weighted by molar-refractivity contribution is -0.143. The van der Waals surface area contributed by atoms with Crippen LogP contribution in [-0.2, 0) is 4.79 Å². The van der Waals surface area contributed by atoms with Crippen molar-refractivity contribution in [1.82, 2.24) is 10.2 Å². The van der Waals surface area contributed by atoms with Crippen LogP contribution in [0.5, 0.6) is 11.5 Å². The maximum Gasteiger partial charge on any atom is 0.306 e. The number of aliphatic carboxylic acids is 1. The smallest absolute Gasteiger partial charge is 0.306 e. The summed E-state index contributed by atoms with van der Waals surface area (Å²) < 4.78 is 10.4. The van der Waals surface area contributed by atoms with Gasteiger partial charge in [0.15, 0.2) is 0 Å². The van der Waals surface area contributed by atoms with Crippen molar-refractivity contribution in [2.45, 2.75) is 12.8 Å². The molecule has 0 atom stereocenters. The maximum atomic E-state index is 12.4. The zero-order valence-corrected chi connectivity index (χ0v) is 13.4. The lowest BCUT2D eigenvalue weighted by Gasteiger charge is -2.30. The number of nitrogens with one attached hydrogen (secondary N) is 1. The van der Waals surface area contributed by atoms with Crippen LogP contribution in [0.15, 0.2) is 18.2 Å². The van der Waals surface area contributed by atoms with E-state index in [1.54, 1.807) is 18.2 Å². The number of methoxy groups -OCH3 is 2. The van der Waals surface area contributed by atoms with E-state index in [4.69, 9.17) is 14.6 Å². The van der Waals surface area contributed by atoms with Gasteiger partial charge in [0.25, 0.3) is 5.91 Å². The number of hydrogen-bond donors (Lipinski definition) is 2. The minimum atomic E-state index is -0.743. The number of piperidine rings is 1. The Morgan fingerprint density at radius 2 is 1.78 bits per heavy atom. The first-order valence-corrected chi connectivity index (χ1v) is 7.51. The number of carboxylic acids is 1. The standard InChI is InChI=1S/C16H22N2O5/c1-22-12-4-3-5-13(23-2)14(12)15(19)17-10-18-8-6-11(7-9-18)16(20)21/h3-5,11H,6-10H2,1-2H3,(H,17,19)(H,20,21). The number of amides is 1. The van der Waals surface area contributed by atoms with Crippen LogP contribution in [0.2, 0.25) is 0 Å². The van der Waals surface area contributed by atoms with Crippen molar-refractivity contribution in [2.75, 3.05) is 34.0 Å². The van der Waals surface area contributed by atoms with Gasteiger partial charge in [-0.3, -0.25) is 14.5 Å². The normalized spacial score (nSPS) is 15.9. The van der Waals surface area contributed by atoms with Gasteiger partial charge in [0, 0.05) is 13.1 Å². The largest absolute Gasteiger partial charge is 0.496 e. The number of carbonyl (C=O) groups excluding carboxylic acids is 1. The lowest BCUT2D eigenvalue weighted by Crippen LogP contribution is -2.43. The molecule has 1 fully saturated rings. The van der Waals surface area contributed by atoms with Crippen molar-refractivity contribution in [3.05, 3.63) is 23.8 Å². The summed E-state index contributed by atoms with van der Waals surface area (Å²) in [7, 11) is 3.00. The van der Waals surface area contributed by atoms with E-state index in [0.717, 1.165) is 0 Å². The second-order valence-corrected chi connectivity index (χ2v) is 5.43. The molecule has 1 amide bonds. The summed E-state index contributed by atoms with van der Waals surface area (Å²) >= 11 is 0. The average molecular weight is 322 g/mol. The number of carboxylic acid groups (broad SMARTS) is 1. The fraction of sp³-hybridized carbons (Fsp3) is 0.500. The molecule has 0 bridgehead atoms. The highest BCUT2D eigenvalue weighted by atomic mass is 16.5. The van der Waals surface area contributed by atoms with Gasteiger partial charge in [0.05, 0.1) is 26.8 Å². The minimum Gasteiger partial charge on any atom is -0.496 e. The van der Waals surface area contributed by atoms with E-state index in [-0.39, 0.29) is 11.8 Å². The molecule has 1 heterocycles. The monoisotopic (exact) mass is 322 g/mol. The molecule has 126 valence electrons. The molecule has 1 saturated heterocycles. The van der Waals surface area contributed by atoms with Crippen LogP contribution < -0.4 is 14.8 Å². The first kappa shape index (κ1) is 17.1. The molecule has 0 unspecified atom stereocenters. The Bertz CT molecular complexity index is 545. The zero-order chi connectivity index (χ0) is 16.8. The number of benzene rings is 1. The third kappa shape index (κ3) is 4.13. The number of nitrogens with zero attached hydrogens (tertiary/aromatic N) is 1. The summed E-state index contributed by atoms with van der Waals surface area (Å²) in [5.41, 5.74) is 0.359. The third-order valence-electron chi connectivity index (χ3n) is 4.05. The van der Waals surface area contributed by atoms with E-state index in [2.05, 4.69) is 5.32 Å². The predicted octanol–water partition coefficient (Wildman–Crippen LogP) is 1.19. The molecular weight excluding hydrogens is 300 g/mol. The summed E-state index contributed by atoms with van der Waals surface area (Å²) in [6, 6.07) is 5.16. The molecule has 0 aliphatic carbocycles. The summed E-state index contributed by atoms with van der Waals surface area (Å²) in [6.07, 6.45) is 1.20. The third-order valence-corrected chi connectivity index (χ3v) is 4.05. The molecule has 0 spiro atoms. The molecule has 7 heteroatoms. The van der Waals surface area contributed by atoms with Gasteiger partial charge in [0.1, 0.15) is 17.1 Å². The Kier molecular flexibility index (Phi) is 5.81. The van der Waals surface area contributed by atoms with Gasteiger partial charge in [-0.15, -0.1) is 0 Å². The Hall–Kier alpha value is -2.28. The summed E-state index contributed by atoms with van der Waals surface area (Å²) in [5.74, 6) is -0.402. The highest BCUT2D eigenvalue weighted by Crippen LogP contribution is 2.28. The van der Waals surface area contributed by atoms with Gasteiger partial charge in [0.2, 0.25) is 0 Å². The SMILES string of the molecule is COc1cccc(OC)c1C(=O)NCN1CCC(C(=O)O)CC1. The van der Waals surface area contributed by atoms with E-state index in [1.165, 1.54) is 14.2 Å². The Morgan fingerprint density at radius 1 is 1.22 bits per heavy atom. The Balaban J connectivity index is 1.95. The Labute approximate surface area is 135 Å². The van der Waals surface area contributed by atoms with Gasteiger partial charge in [-0.2, -0.15) is 0 Å². The van der Waals surface area contributed by atoms with Gasteiger partial charge in [-0.25, -0.2) is 0 Å². The van der Waals surface area contributed by atoms with Crippen LogP contribution in [0, 0.1) is 5.92 Å². The van der Waals surface area contributed by atoms with Crippen molar-refractivity contribution in [3.63, 3.8) is 0 Å². The Morgan fingerprint density at radius 3 is 2.26 bits per heavy atom. The number of rotatable bonds is 6. The summed E-state index contributed by atoms with van der Waals surface area (Å²) in [6.45, 7) is 1.67. The number of carbonyl (C=O) groups is 2. The molecule has 2 N–H and O–H groups in total. The molecule has 7 nitrogen and oxygen atoms in total. The van der Waals surface area contributed by atoms with Crippen molar-refractivity contribution in [3.8, 4) is 11.5 Å². The number of hydrogen-bond acceptors (Lipinski definition) is 5. The van der Waals surface area contributed by atoms with E-state index in [1.807, 2.05) is 4.90 Å². The van der Waals surface area contributed by atoms with E-state index < -0.39 is 5.97 Å². The molecule has 1 aliphatic rings. The maximum absolute atomic E-state index is 12.4. The van der Waals surface area contributed by atoms with Crippen LogP contribution >= 0.6 is 0 Å². The van der Waals surface area contributed by atoms with Crippen LogP contribution in [0.25, 0.3) is 0 Å². The van der Waals surface area contributed by atoms with Crippen molar-refractivity contribution >= 4 is 11.9 Å². The molecule has 1 aliphatic heterocycles. The van der Waals surface area contributed by atoms with Crippen molar-refractivity contribution in [2.24, 2.45) is 5.92 Å². The fourth-order valence-electron chi connectivity index (χ4n) is 2.69. The first-order chi connectivity index (χ1) is 11.1. The molecule has 0 radical (unpaired) electrons. The topological polar surface area (TPSA) is 88.1 Å². The fourth-order valence-corrected chi connectivity index (χ4v) is 2.69. The molecule has 23 heavy (non-hydrogen) atoms. The van der Waals surface area contributed by atoms with E-state index >= 15 is 0 Å². The second-order valence-electron chi connectivity index (χ2n) is 5.43. The highest BCUT2D eigenvalue weighted by molar-refractivity contribution is 5.99. The van der Waals surface area contributed by atoms with Gasteiger partial charge in [-0.05, 0) is 25.0 Å². The lowest BCUT2D eigenvalue weighted by atomic mass is 9.97. The molecule has 1 aromatic carbocycles. The van der Waals surface area contributed by atoms with Gasteiger partial charge in [-0.1, -0.05) is 6.07 Å². The number of ether oxygens (including phenoxy) is 2. The quantitative estimate of drug-likeness (QED) is 0.818. The van der Waals surface area contributed by atoms with Crippen molar-refractivity contribution < 1.29 is 24.2 Å². The average Bonchev–Trinajstić information content (AvgIpc) is 2.59. The summed E-state index contributed by atoms with van der Waals surface area (Å²) in [4.78, 5) is 25.4. The van der Waals surface area contributed by atoms with Gasteiger partial charge < -0.3 is 19.9 Å². The zero-order valence-electron chi connectivity index (χ0n) is 13.4. The molecule has 2 rings (SSSR count). The number of likely N-dealkylation sites (tertiary alicyclic amines) is 1.